The fourth-order valence-corrected chi connectivity index (χ4v) is 2.80. The lowest BCUT2D eigenvalue weighted by molar-refractivity contribution is 0.0673. The molecule has 0 aliphatic rings. The summed E-state index contributed by atoms with van der Waals surface area (Å²) in [6.07, 6.45) is 2.77. The van der Waals surface area contributed by atoms with Crippen molar-refractivity contribution in [2.75, 3.05) is 13.7 Å². The van der Waals surface area contributed by atoms with Crippen molar-refractivity contribution in [2.45, 2.75) is 26.3 Å². The molecule has 0 aliphatic heterocycles. The van der Waals surface area contributed by atoms with E-state index in [0.29, 0.717) is 12.2 Å². The van der Waals surface area contributed by atoms with Gasteiger partial charge in [0.1, 0.15) is 11.4 Å². The Morgan fingerprint density at radius 3 is 2.36 bits per heavy atom. The van der Waals surface area contributed by atoms with Crippen molar-refractivity contribution >= 4 is 5.91 Å². The summed E-state index contributed by atoms with van der Waals surface area (Å²) in [5.41, 5.74) is 1.85. The second kappa shape index (κ2) is 7.16. The molecule has 0 saturated heterocycles. The summed E-state index contributed by atoms with van der Waals surface area (Å²) in [6.45, 7) is 4.80. The van der Waals surface area contributed by atoms with E-state index in [0.717, 1.165) is 17.7 Å². The van der Waals surface area contributed by atoms with E-state index in [1.807, 2.05) is 66.0 Å². The van der Waals surface area contributed by atoms with Gasteiger partial charge in [-0.3, -0.25) is 4.79 Å². The minimum atomic E-state index is 0.0673. The number of rotatable bonds is 6. The highest BCUT2D eigenvalue weighted by Crippen LogP contribution is 2.27. The monoisotopic (exact) mass is 300 g/mol. The van der Waals surface area contributed by atoms with Crippen molar-refractivity contribution < 1.29 is 9.53 Å². The van der Waals surface area contributed by atoms with Crippen LogP contribution >= 0.6 is 0 Å². The second-order valence-corrected chi connectivity index (χ2v) is 5.29. The first-order chi connectivity index (χ1) is 10.6. The van der Waals surface area contributed by atoms with E-state index in [2.05, 4.69) is 6.92 Å². The molecule has 0 radical (unpaired) electrons. The van der Waals surface area contributed by atoms with Crippen molar-refractivity contribution in [1.82, 2.24) is 9.47 Å². The van der Waals surface area contributed by atoms with Gasteiger partial charge >= 0.3 is 0 Å². The molecule has 2 aromatic rings. The highest BCUT2D eigenvalue weighted by molar-refractivity contribution is 5.93. The quantitative estimate of drug-likeness (QED) is 0.816. The number of methoxy groups -OCH3 is 1. The fraction of sp³-hybridized carbons (Fsp3) is 0.389. The zero-order valence-corrected chi connectivity index (χ0v) is 13.7. The fourth-order valence-electron chi connectivity index (χ4n) is 2.80. The highest BCUT2D eigenvalue weighted by atomic mass is 16.5. The molecule has 0 aliphatic carbocycles. The second-order valence-electron chi connectivity index (χ2n) is 5.29. The summed E-state index contributed by atoms with van der Waals surface area (Å²) in [5.74, 6) is 0.896. The Morgan fingerprint density at radius 1 is 1.23 bits per heavy atom. The van der Waals surface area contributed by atoms with Crippen LogP contribution in [0.1, 0.15) is 42.4 Å². The number of ether oxygens (including phenoxy) is 1. The molecule has 4 heteroatoms. The number of hydrogen-bond donors (Lipinski definition) is 0. The van der Waals surface area contributed by atoms with Crippen LogP contribution in [0.5, 0.6) is 5.75 Å². The Hall–Kier alpha value is -2.23. The Labute approximate surface area is 132 Å². The average molecular weight is 300 g/mol. The minimum Gasteiger partial charge on any atom is -0.497 e. The smallest absolute Gasteiger partial charge is 0.270 e. The molecule has 22 heavy (non-hydrogen) atoms. The van der Waals surface area contributed by atoms with Gasteiger partial charge in [0.05, 0.1) is 13.2 Å². The first-order valence-electron chi connectivity index (χ1n) is 7.68. The summed E-state index contributed by atoms with van der Waals surface area (Å²) in [5, 5.41) is 0. The first-order valence-corrected chi connectivity index (χ1v) is 7.68. The van der Waals surface area contributed by atoms with Gasteiger partial charge in [-0.1, -0.05) is 19.1 Å². The van der Waals surface area contributed by atoms with E-state index < -0.39 is 0 Å². The van der Waals surface area contributed by atoms with Gasteiger partial charge in [0.2, 0.25) is 0 Å². The third-order valence-electron chi connectivity index (χ3n) is 4.03. The van der Waals surface area contributed by atoms with Crippen LogP contribution in [0.4, 0.5) is 0 Å². The summed E-state index contributed by atoms with van der Waals surface area (Å²) in [4.78, 5) is 14.8. The Bertz CT molecular complexity index is 616. The van der Waals surface area contributed by atoms with Crippen LogP contribution in [0.25, 0.3) is 0 Å². The Morgan fingerprint density at radius 2 is 1.91 bits per heavy atom. The maximum absolute atomic E-state index is 12.8. The van der Waals surface area contributed by atoms with Gasteiger partial charge in [-0.15, -0.1) is 0 Å². The predicted octanol–water partition coefficient (Wildman–Crippen LogP) is 3.65. The standard InChI is InChI=1S/C18H24N2O2/c1-5-16(14-9-11-15(22-4)12-10-14)20(6-2)18(21)17-8-7-13-19(17)3/h7-13,16H,5-6H2,1-4H3/t16-/m1/s1. The van der Waals surface area contributed by atoms with Gasteiger partial charge < -0.3 is 14.2 Å². The van der Waals surface area contributed by atoms with Crippen LogP contribution in [0.3, 0.4) is 0 Å². The molecule has 0 bridgehead atoms. The topological polar surface area (TPSA) is 34.5 Å². The van der Waals surface area contributed by atoms with E-state index in [9.17, 15) is 4.79 Å². The summed E-state index contributed by atoms with van der Waals surface area (Å²) >= 11 is 0. The van der Waals surface area contributed by atoms with Crippen LogP contribution < -0.4 is 4.74 Å². The number of aryl methyl sites for hydroxylation is 1. The van der Waals surface area contributed by atoms with E-state index >= 15 is 0 Å². The molecular formula is C18H24N2O2. The van der Waals surface area contributed by atoms with Crippen molar-refractivity contribution in [3.05, 3.63) is 53.9 Å². The number of hydrogen-bond acceptors (Lipinski definition) is 2. The number of nitrogens with zero attached hydrogens (tertiary/aromatic N) is 2. The molecule has 2 rings (SSSR count). The first kappa shape index (κ1) is 16.1. The predicted molar refractivity (Wildman–Crippen MR) is 88.1 cm³/mol. The number of carbonyl (C=O) groups excluding carboxylic acids is 1. The lowest BCUT2D eigenvalue weighted by Gasteiger charge is -2.31. The number of aromatic nitrogens is 1. The molecule has 1 atom stereocenters. The zero-order valence-electron chi connectivity index (χ0n) is 13.7. The van der Waals surface area contributed by atoms with Crippen molar-refractivity contribution in [3.63, 3.8) is 0 Å². The van der Waals surface area contributed by atoms with Crippen LogP contribution in [0.2, 0.25) is 0 Å². The van der Waals surface area contributed by atoms with Gasteiger partial charge in [-0.2, -0.15) is 0 Å². The normalized spacial score (nSPS) is 12.0. The summed E-state index contributed by atoms with van der Waals surface area (Å²) in [6, 6.07) is 11.8. The largest absolute Gasteiger partial charge is 0.497 e. The van der Waals surface area contributed by atoms with Gasteiger partial charge in [0.25, 0.3) is 5.91 Å². The molecule has 0 N–H and O–H groups in total. The van der Waals surface area contributed by atoms with Crippen LogP contribution in [-0.4, -0.2) is 29.0 Å². The van der Waals surface area contributed by atoms with Crippen molar-refractivity contribution in [2.24, 2.45) is 7.05 Å². The molecule has 4 nitrogen and oxygen atoms in total. The van der Waals surface area contributed by atoms with Gasteiger partial charge in [0, 0.05) is 19.8 Å². The molecule has 1 heterocycles. The third-order valence-corrected chi connectivity index (χ3v) is 4.03. The van der Waals surface area contributed by atoms with Crippen LogP contribution in [0.15, 0.2) is 42.6 Å². The molecule has 0 unspecified atom stereocenters. The van der Waals surface area contributed by atoms with E-state index in [1.165, 1.54) is 0 Å². The van der Waals surface area contributed by atoms with Crippen molar-refractivity contribution in [1.29, 1.82) is 0 Å². The van der Waals surface area contributed by atoms with Crippen LogP contribution in [-0.2, 0) is 7.05 Å². The van der Waals surface area contributed by atoms with E-state index in [1.54, 1.807) is 7.11 Å². The number of carbonyl (C=O) groups is 1. The molecule has 0 saturated carbocycles. The molecule has 1 amide bonds. The summed E-state index contributed by atoms with van der Waals surface area (Å²) in [7, 11) is 3.55. The Kier molecular flexibility index (Phi) is 5.26. The van der Waals surface area contributed by atoms with E-state index in [4.69, 9.17) is 4.74 Å². The van der Waals surface area contributed by atoms with E-state index in [-0.39, 0.29) is 11.9 Å². The average Bonchev–Trinajstić information content (AvgIpc) is 2.98. The molecular weight excluding hydrogens is 276 g/mol. The maximum atomic E-state index is 12.8. The Balaban J connectivity index is 2.29. The van der Waals surface area contributed by atoms with Gasteiger partial charge in [-0.05, 0) is 43.2 Å². The minimum absolute atomic E-state index is 0.0673. The zero-order chi connectivity index (χ0) is 16.1. The molecule has 1 aromatic heterocycles. The lowest BCUT2D eigenvalue weighted by atomic mass is 10.0. The summed E-state index contributed by atoms with van der Waals surface area (Å²) < 4.78 is 7.07. The SMILES string of the molecule is CC[C@H](c1ccc(OC)cc1)N(CC)C(=O)c1cccn1C. The van der Waals surface area contributed by atoms with Crippen LogP contribution in [0, 0.1) is 0 Å². The van der Waals surface area contributed by atoms with Crippen molar-refractivity contribution in [3.8, 4) is 5.75 Å². The molecule has 118 valence electrons. The number of benzene rings is 1. The van der Waals surface area contributed by atoms with Gasteiger partial charge in [-0.25, -0.2) is 0 Å². The van der Waals surface area contributed by atoms with Gasteiger partial charge in [0.15, 0.2) is 0 Å². The molecule has 1 aromatic carbocycles. The molecule has 0 spiro atoms. The molecule has 0 fully saturated rings. The number of amides is 1. The lowest BCUT2D eigenvalue weighted by Crippen LogP contribution is -2.35. The maximum Gasteiger partial charge on any atom is 0.270 e. The third kappa shape index (κ3) is 3.16. The highest BCUT2D eigenvalue weighted by Gasteiger charge is 2.24.